The number of nitrogens with zero attached hydrogens (tertiary/aromatic N) is 2. The molecule has 1 aromatic rings. The van der Waals surface area contributed by atoms with Gasteiger partial charge in [0.15, 0.2) is 5.69 Å². The highest BCUT2D eigenvalue weighted by atomic mass is 19.4. The summed E-state index contributed by atoms with van der Waals surface area (Å²) in [6, 6.07) is 0.860. The van der Waals surface area contributed by atoms with Crippen molar-refractivity contribution in [2.24, 2.45) is 0 Å². The van der Waals surface area contributed by atoms with Crippen molar-refractivity contribution in [3.63, 3.8) is 0 Å². The van der Waals surface area contributed by atoms with Gasteiger partial charge in [-0.05, 0) is 25.8 Å². The van der Waals surface area contributed by atoms with Gasteiger partial charge in [0.2, 0.25) is 0 Å². The van der Waals surface area contributed by atoms with Crippen LogP contribution in [-0.4, -0.2) is 40.8 Å². The number of rotatable bonds is 2. The van der Waals surface area contributed by atoms with Crippen LogP contribution in [0.5, 0.6) is 0 Å². The number of halogens is 3. The van der Waals surface area contributed by atoms with Crippen molar-refractivity contribution in [3.8, 4) is 0 Å². The fourth-order valence-corrected chi connectivity index (χ4v) is 2.37. The Balaban J connectivity index is 2.05. The van der Waals surface area contributed by atoms with Crippen LogP contribution in [0.4, 0.5) is 18.0 Å². The van der Waals surface area contributed by atoms with E-state index in [0.29, 0.717) is 25.3 Å². The molecular formula is C12H17F3N4O. The van der Waals surface area contributed by atoms with E-state index in [1.165, 1.54) is 0 Å². The molecule has 1 aliphatic rings. The molecule has 2 amide bonds. The van der Waals surface area contributed by atoms with E-state index >= 15 is 0 Å². The normalized spacial score (nSPS) is 20.0. The number of carbonyl (C=O) groups excluding carboxylic acids is 1. The Morgan fingerprint density at radius 3 is 2.95 bits per heavy atom. The molecule has 1 aromatic heterocycles. The minimum atomic E-state index is -4.44. The standard InChI is InChI=1S/C12H17F3N4O/c1-2-16-11(20)19-5-3-4-8(7-19)9-6-10(18-17-9)12(13,14)15/h6,8H,2-5,7H2,1H3,(H,16,20)(H,17,18)/t8-/m0/s1. The first kappa shape index (κ1) is 14.7. The number of nitrogens with one attached hydrogen (secondary N) is 2. The summed E-state index contributed by atoms with van der Waals surface area (Å²) in [4.78, 5) is 13.4. The highest BCUT2D eigenvalue weighted by molar-refractivity contribution is 5.74. The summed E-state index contributed by atoms with van der Waals surface area (Å²) >= 11 is 0. The van der Waals surface area contributed by atoms with E-state index in [9.17, 15) is 18.0 Å². The number of H-pyrrole nitrogens is 1. The highest BCUT2D eigenvalue weighted by Crippen LogP contribution is 2.31. The lowest BCUT2D eigenvalue weighted by atomic mass is 9.95. The van der Waals surface area contributed by atoms with E-state index in [1.54, 1.807) is 4.90 Å². The van der Waals surface area contributed by atoms with Gasteiger partial charge in [-0.15, -0.1) is 0 Å². The van der Waals surface area contributed by atoms with Gasteiger partial charge in [0.05, 0.1) is 0 Å². The Hall–Kier alpha value is -1.73. The largest absolute Gasteiger partial charge is 0.435 e. The summed E-state index contributed by atoms with van der Waals surface area (Å²) in [6.45, 7) is 3.39. The smallest absolute Gasteiger partial charge is 0.338 e. The Kier molecular flexibility index (Phi) is 4.20. The quantitative estimate of drug-likeness (QED) is 0.878. The van der Waals surface area contributed by atoms with Crippen LogP contribution in [0.3, 0.4) is 0 Å². The second-order valence-corrected chi connectivity index (χ2v) is 4.83. The highest BCUT2D eigenvalue weighted by Gasteiger charge is 2.35. The zero-order chi connectivity index (χ0) is 14.8. The molecule has 1 fully saturated rings. The zero-order valence-electron chi connectivity index (χ0n) is 11.1. The summed E-state index contributed by atoms with van der Waals surface area (Å²) in [5.41, 5.74) is -0.478. The first-order chi connectivity index (χ1) is 9.41. The van der Waals surface area contributed by atoms with Crippen LogP contribution in [0.25, 0.3) is 0 Å². The molecule has 1 saturated heterocycles. The molecule has 1 aliphatic heterocycles. The molecule has 2 N–H and O–H groups in total. The summed E-state index contributed by atoms with van der Waals surface area (Å²) < 4.78 is 37.5. The van der Waals surface area contributed by atoms with E-state index in [-0.39, 0.29) is 11.9 Å². The van der Waals surface area contributed by atoms with Crippen molar-refractivity contribution in [3.05, 3.63) is 17.5 Å². The predicted octanol–water partition coefficient (Wildman–Crippen LogP) is 2.34. The van der Waals surface area contributed by atoms with Gasteiger partial charge in [-0.25, -0.2) is 4.79 Å². The maximum Gasteiger partial charge on any atom is 0.435 e. The van der Waals surface area contributed by atoms with Crippen LogP contribution >= 0.6 is 0 Å². The first-order valence-corrected chi connectivity index (χ1v) is 6.57. The fraction of sp³-hybridized carbons (Fsp3) is 0.667. The number of piperidine rings is 1. The number of hydrogen-bond acceptors (Lipinski definition) is 2. The summed E-state index contributed by atoms with van der Waals surface area (Å²) in [5.74, 6) is -0.130. The lowest BCUT2D eigenvalue weighted by Crippen LogP contribution is -2.44. The molecule has 0 aromatic carbocycles. The minimum absolute atomic E-state index is 0.130. The molecule has 20 heavy (non-hydrogen) atoms. The number of likely N-dealkylation sites (tertiary alicyclic amines) is 1. The maximum atomic E-state index is 12.5. The van der Waals surface area contributed by atoms with Crippen molar-refractivity contribution in [1.82, 2.24) is 20.4 Å². The van der Waals surface area contributed by atoms with E-state index < -0.39 is 11.9 Å². The topological polar surface area (TPSA) is 61.0 Å². The maximum absolute atomic E-state index is 12.5. The fourth-order valence-electron chi connectivity index (χ4n) is 2.37. The Bertz CT molecular complexity index is 472. The summed E-state index contributed by atoms with van der Waals surface area (Å²) in [6.07, 6.45) is -2.93. The van der Waals surface area contributed by atoms with Crippen molar-refractivity contribution >= 4 is 6.03 Å². The Morgan fingerprint density at radius 2 is 2.35 bits per heavy atom. The number of aromatic nitrogens is 2. The third-order valence-corrected chi connectivity index (χ3v) is 3.36. The molecule has 1 atom stereocenters. The molecule has 8 heteroatoms. The van der Waals surface area contributed by atoms with Crippen LogP contribution < -0.4 is 5.32 Å². The number of aromatic amines is 1. The second kappa shape index (κ2) is 5.72. The van der Waals surface area contributed by atoms with Gasteiger partial charge in [-0.2, -0.15) is 18.3 Å². The van der Waals surface area contributed by atoms with Crippen LogP contribution in [0.2, 0.25) is 0 Å². The number of hydrogen-bond donors (Lipinski definition) is 2. The molecule has 0 spiro atoms. The van der Waals surface area contributed by atoms with Crippen LogP contribution in [-0.2, 0) is 6.18 Å². The van der Waals surface area contributed by atoms with Crippen molar-refractivity contribution < 1.29 is 18.0 Å². The van der Waals surface area contributed by atoms with Gasteiger partial charge in [0.25, 0.3) is 0 Å². The second-order valence-electron chi connectivity index (χ2n) is 4.83. The van der Waals surface area contributed by atoms with Gasteiger partial charge in [-0.3, -0.25) is 5.10 Å². The van der Waals surface area contributed by atoms with Gasteiger partial charge in [0, 0.05) is 31.2 Å². The first-order valence-electron chi connectivity index (χ1n) is 6.57. The van der Waals surface area contributed by atoms with Crippen LogP contribution in [0.1, 0.15) is 37.1 Å². The van der Waals surface area contributed by atoms with E-state index in [2.05, 4.69) is 15.5 Å². The Morgan fingerprint density at radius 1 is 1.60 bits per heavy atom. The van der Waals surface area contributed by atoms with Crippen molar-refractivity contribution in [1.29, 1.82) is 0 Å². The number of carbonyl (C=O) groups is 1. The minimum Gasteiger partial charge on any atom is -0.338 e. The van der Waals surface area contributed by atoms with Gasteiger partial charge >= 0.3 is 12.2 Å². The zero-order valence-corrected chi connectivity index (χ0v) is 11.1. The molecule has 5 nitrogen and oxygen atoms in total. The van der Waals surface area contributed by atoms with Crippen LogP contribution in [0, 0.1) is 0 Å². The number of alkyl halides is 3. The van der Waals surface area contributed by atoms with Crippen molar-refractivity contribution in [2.75, 3.05) is 19.6 Å². The van der Waals surface area contributed by atoms with Crippen molar-refractivity contribution in [2.45, 2.75) is 31.9 Å². The molecule has 112 valence electrons. The molecule has 0 aliphatic carbocycles. The lowest BCUT2D eigenvalue weighted by molar-refractivity contribution is -0.141. The SMILES string of the molecule is CCNC(=O)N1CCC[C@H](c2cc(C(F)(F)F)n[nH]2)C1. The molecule has 0 saturated carbocycles. The van der Waals surface area contributed by atoms with Gasteiger partial charge in [-0.1, -0.05) is 0 Å². The summed E-state index contributed by atoms with van der Waals surface area (Å²) in [7, 11) is 0. The number of urea groups is 1. The number of amides is 2. The molecular weight excluding hydrogens is 273 g/mol. The molecule has 0 unspecified atom stereocenters. The average Bonchev–Trinajstić information content (AvgIpc) is 2.89. The average molecular weight is 290 g/mol. The molecule has 2 rings (SSSR count). The van der Waals surface area contributed by atoms with Gasteiger partial charge in [0.1, 0.15) is 0 Å². The van der Waals surface area contributed by atoms with E-state index in [4.69, 9.17) is 0 Å². The lowest BCUT2D eigenvalue weighted by Gasteiger charge is -2.32. The van der Waals surface area contributed by atoms with E-state index in [0.717, 1.165) is 18.9 Å². The molecule has 2 heterocycles. The van der Waals surface area contributed by atoms with Gasteiger partial charge < -0.3 is 10.2 Å². The monoisotopic (exact) mass is 290 g/mol. The predicted molar refractivity (Wildman–Crippen MR) is 66.2 cm³/mol. The third-order valence-electron chi connectivity index (χ3n) is 3.36. The molecule has 0 bridgehead atoms. The third kappa shape index (κ3) is 3.23. The summed E-state index contributed by atoms with van der Waals surface area (Å²) in [5, 5.41) is 8.44. The molecule has 0 radical (unpaired) electrons. The Labute approximate surface area is 114 Å². The van der Waals surface area contributed by atoms with E-state index in [1.807, 2.05) is 6.92 Å². The van der Waals surface area contributed by atoms with Crippen LogP contribution in [0.15, 0.2) is 6.07 Å².